The summed E-state index contributed by atoms with van der Waals surface area (Å²) in [6.45, 7) is 2.39. The summed E-state index contributed by atoms with van der Waals surface area (Å²) < 4.78 is 23.9. The highest BCUT2D eigenvalue weighted by atomic mass is 19.1. The zero-order valence-electron chi connectivity index (χ0n) is 13.4. The molecule has 0 spiro atoms. The molecule has 2 heterocycles. The summed E-state index contributed by atoms with van der Waals surface area (Å²) in [6, 6.07) is 9.18. The number of hydrogen-bond acceptors (Lipinski definition) is 6. The maximum absolute atomic E-state index is 13.5. The molecule has 0 radical (unpaired) electrons. The van der Waals surface area contributed by atoms with Crippen LogP contribution in [0, 0.1) is 5.82 Å². The lowest BCUT2D eigenvalue weighted by Gasteiger charge is -2.03. The standard InChI is InChI=1S/C17H15FN4O3/c1-2-24-14-8-7-11(9-19-14)16-21-15(25-22-16)10-20-17(23)12-5-3-4-6-13(12)18/h3-9H,2,10H2,1H3,(H,20,23). The van der Waals surface area contributed by atoms with Gasteiger partial charge in [0.05, 0.1) is 18.7 Å². The fraction of sp³-hybridized carbons (Fsp3) is 0.176. The number of rotatable bonds is 6. The van der Waals surface area contributed by atoms with Crippen LogP contribution < -0.4 is 10.1 Å². The van der Waals surface area contributed by atoms with Crippen molar-refractivity contribution in [1.82, 2.24) is 20.4 Å². The molecule has 3 aromatic rings. The first-order valence-electron chi connectivity index (χ1n) is 7.62. The highest BCUT2D eigenvalue weighted by Crippen LogP contribution is 2.17. The lowest BCUT2D eigenvalue weighted by molar-refractivity contribution is 0.0942. The Hall–Kier alpha value is -3.29. The first kappa shape index (κ1) is 16.6. The van der Waals surface area contributed by atoms with Crippen LogP contribution >= 0.6 is 0 Å². The molecule has 0 aliphatic carbocycles. The van der Waals surface area contributed by atoms with Crippen LogP contribution in [-0.2, 0) is 6.54 Å². The van der Waals surface area contributed by atoms with Gasteiger partial charge in [-0.25, -0.2) is 9.37 Å². The van der Waals surface area contributed by atoms with E-state index in [0.29, 0.717) is 23.9 Å². The molecule has 0 fully saturated rings. The molecule has 7 nitrogen and oxygen atoms in total. The molecule has 8 heteroatoms. The van der Waals surface area contributed by atoms with E-state index in [2.05, 4.69) is 20.4 Å². The van der Waals surface area contributed by atoms with E-state index in [1.807, 2.05) is 6.92 Å². The van der Waals surface area contributed by atoms with Gasteiger partial charge in [0, 0.05) is 17.8 Å². The minimum absolute atomic E-state index is 0.00930. The molecule has 0 aliphatic heterocycles. The van der Waals surface area contributed by atoms with E-state index >= 15 is 0 Å². The molecule has 1 amide bonds. The SMILES string of the molecule is CCOc1ccc(-c2noc(CNC(=O)c3ccccc3F)n2)cn1. The van der Waals surface area contributed by atoms with Gasteiger partial charge in [0.2, 0.25) is 17.6 Å². The Bertz CT molecular complexity index is 864. The van der Waals surface area contributed by atoms with E-state index in [1.165, 1.54) is 18.2 Å². The number of carbonyl (C=O) groups is 1. The number of halogens is 1. The molecule has 1 aromatic carbocycles. The summed E-state index contributed by atoms with van der Waals surface area (Å²) in [4.78, 5) is 20.2. The Balaban J connectivity index is 1.64. The number of amides is 1. The number of benzene rings is 1. The Morgan fingerprint density at radius 3 is 2.84 bits per heavy atom. The number of nitrogens with one attached hydrogen (secondary N) is 1. The topological polar surface area (TPSA) is 90.1 Å². The minimum atomic E-state index is -0.591. The van der Waals surface area contributed by atoms with Crippen molar-refractivity contribution in [3.05, 3.63) is 59.9 Å². The fourth-order valence-electron chi connectivity index (χ4n) is 2.09. The molecule has 0 saturated heterocycles. The summed E-state index contributed by atoms with van der Waals surface area (Å²) in [5.41, 5.74) is 0.608. The predicted molar refractivity (Wildman–Crippen MR) is 86.3 cm³/mol. The molecule has 1 N–H and O–H groups in total. The molecular weight excluding hydrogens is 327 g/mol. The molecule has 0 unspecified atom stereocenters. The first-order valence-corrected chi connectivity index (χ1v) is 7.62. The molecule has 0 bridgehead atoms. The zero-order valence-corrected chi connectivity index (χ0v) is 13.4. The third kappa shape index (κ3) is 3.97. The molecule has 3 rings (SSSR count). The molecule has 0 atom stereocenters. The Morgan fingerprint density at radius 1 is 1.28 bits per heavy atom. The van der Waals surface area contributed by atoms with Crippen molar-refractivity contribution in [2.24, 2.45) is 0 Å². The van der Waals surface area contributed by atoms with Crippen LogP contribution in [0.15, 0.2) is 47.1 Å². The van der Waals surface area contributed by atoms with Gasteiger partial charge in [0.15, 0.2) is 0 Å². The number of hydrogen-bond donors (Lipinski definition) is 1. The highest BCUT2D eigenvalue weighted by molar-refractivity contribution is 5.94. The minimum Gasteiger partial charge on any atom is -0.478 e. The first-order chi connectivity index (χ1) is 12.2. The van der Waals surface area contributed by atoms with E-state index < -0.39 is 11.7 Å². The highest BCUT2D eigenvalue weighted by Gasteiger charge is 2.13. The molecular formula is C17H15FN4O3. The Kier molecular flexibility index (Phi) is 4.98. The van der Waals surface area contributed by atoms with Crippen LogP contribution in [0.5, 0.6) is 5.88 Å². The van der Waals surface area contributed by atoms with Crippen LogP contribution in [0.4, 0.5) is 4.39 Å². The van der Waals surface area contributed by atoms with E-state index in [0.717, 1.165) is 0 Å². The average Bonchev–Trinajstić information content (AvgIpc) is 3.10. The summed E-state index contributed by atoms with van der Waals surface area (Å²) in [6.07, 6.45) is 1.57. The monoisotopic (exact) mass is 342 g/mol. The smallest absolute Gasteiger partial charge is 0.254 e. The van der Waals surface area contributed by atoms with Crippen molar-refractivity contribution >= 4 is 5.91 Å². The summed E-state index contributed by atoms with van der Waals surface area (Å²) in [7, 11) is 0. The van der Waals surface area contributed by atoms with Crippen LogP contribution in [0.1, 0.15) is 23.2 Å². The Labute approximate surface area is 142 Å². The lowest BCUT2D eigenvalue weighted by Crippen LogP contribution is -2.23. The average molecular weight is 342 g/mol. The second kappa shape index (κ2) is 7.52. The summed E-state index contributed by atoms with van der Waals surface area (Å²) >= 11 is 0. The van der Waals surface area contributed by atoms with Crippen LogP contribution in [0.3, 0.4) is 0 Å². The maximum atomic E-state index is 13.5. The quantitative estimate of drug-likeness (QED) is 0.740. The fourth-order valence-corrected chi connectivity index (χ4v) is 2.09. The van der Waals surface area contributed by atoms with Gasteiger partial charge < -0.3 is 14.6 Å². The second-order valence-corrected chi connectivity index (χ2v) is 4.99. The molecule has 0 saturated carbocycles. The summed E-state index contributed by atoms with van der Waals surface area (Å²) in [5.74, 6) is -0.0985. The maximum Gasteiger partial charge on any atom is 0.254 e. The van der Waals surface area contributed by atoms with Crippen molar-refractivity contribution in [3.8, 4) is 17.3 Å². The third-order valence-electron chi connectivity index (χ3n) is 3.27. The van der Waals surface area contributed by atoms with Gasteiger partial charge in [-0.3, -0.25) is 4.79 Å². The van der Waals surface area contributed by atoms with Crippen molar-refractivity contribution in [2.75, 3.05) is 6.61 Å². The largest absolute Gasteiger partial charge is 0.478 e. The number of ether oxygens (including phenoxy) is 1. The molecule has 0 aliphatic rings. The number of pyridine rings is 1. The van der Waals surface area contributed by atoms with Crippen LogP contribution in [0.2, 0.25) is 0 Å². The predicted octanol–water partition coefficient (Wildman–Crippen LogP) is 2.60. The third-order valence-corrected chi connectivity index (χ3v) is 3.27. The molecule has 25 heavy (non-hydrogen) atoms. The molecule has 128 valence electrons. The van der Waals surface area contributed by atoms with Gasteiger partial charge in [-0.05, 0) is 25.1 Å². The van der Waals surface area contributed by atoms with Gasteiger partial charge in [-0.15, -0.1) is 0 Å². The number of nitrogens with zero attached hydrogens (tertiary/aromatic N) is 3. The second-order valence-electron chi connectivity index (χ2n) is 4.99. The number of aromatic nitrogens is 3. The van der Waals surface area contributed by atoms with Crippen LogP contribution in [0.25, 0.3) is 11.4 Å². The van der Waals surface area contributed by atoms with Gasteiger partial charge in [0.1, 0.15) is 5.82 Å². The van der Waals surface area contributed by atoms with E-state index in [4.69, 9.17) is 9.26 Å². The van der Waals surface area contributed by atoms with Crippen molar-refractivity contribution in [1.29, 1.82) is 0 Å². The Morgan fingerprint density at radius 2 is 2.12 bits per heavy atom. The van der Waals surface area contributed by atoms with E-state index in [1.54, 1.807) is 24.4 Å². The van der Waals surface area contributed by atoms with Crippen LogP contribution in [-0.4, -0.2) is 27.6 Å². The molecule has 2 aromatic heterocycles. The van der Waals surface area contributed by atoms with Crippen molar-refractivity contribution in [2.45, 2.75) is 13.5 Å². The zero-order chi connectivity index (χ0) is 17.6. The van der Waals surface area contributed by atoms with Crippen molar-refractivity contribution in [3.63, 3.8) is 0 Å². The van der Waals surface area contributed by atoms with Gasteiger partial charge in [0.25, 0.3) is 5.91 Å². The lowest BCUT2D eigenvalue weighted by atomic mass is 10.2. The number of carbonyl (C=O) groups excluding carboxylic acids is 1. The van der Waals surface area contributed by atoms with Gasteiger partial charge in [-0.1, -0.05) is 17.3 Å². The van der Waals surface area contributed by atoms with Gasteiger partial charge >= 0.3 is 0 Å². The van der Waals surface area contributed by atoms with E-state index in [-0.39, 0.29) is 18.0 Å². The van der Waals surface area contributed by atoms with Crippen molar-refractivity contribution < 1.29 is 18.4 Å². The normalized spacial score (nSPS) is 10.5. The van der Waals surface area contributed by atoms with Gasteiger partial charge in [-0.2, -0.15) is 4.98 Å². The van der Waals surface area contributed by atoms with E-state index in [9.17, 15) is 9.18 Å². The summed E-state index contributed by atoms with van der Waals surface area (Å²) in [5, 5.41) is 6.37.